The van der Waals surface area contributed by atoms with Crippen LogP contribution in [0.4, 0.5) is 29.2 Å². The number of nitrogens with zero attached hydrogens (tertiary/aromatic N) is 6. The van der Waals surface area contributed by atoms with Gasteiger partial charge in [-0.3, -0.25) is 0 Å². The summed E-state index contributed by atoms with van der Waals surface area (Å²) in [7, 11) is 0. The molecule has 0 amide bonds. The molecule has 0 unspecified atom stereocenters. The Morgan fingerprint density at radius 3 is 2.06 bits per heavy atom. The third kappa shape index (κ3) is 4.90. The molecule has 1 aromatic heterocycles. The summed E-state index contributed by atoms with van der Waals surface area (Å²) in [6, 6.07) is 8.69. The van der Waals surface area contributed by atoms with Crippen molar-refractivity contribution in [3.05, 3.63) is 24.3 Å². The van der Waals surface area contributed by atoms with Crippen LogP contribution in [-0.4, -0.2) is 60.3 Å². The molecule has 32 heavy (non-hydrogen) atoms. The Balaban J connectivity index is 1.46. The predicted octanol–water partition coefficient (Wildman–Crippen LogP) is 3.52. The fourth-order valence-electron chi connectivity index (χ4n) is 5.09. The molecule has 0 aliphatic carbocycles. The van der Waals surface area contributed by atoms with E-state index in [2.05, 4.69) is 44.3 Å². The van der Waals surface area contributed by atoms with Crippen LogP contribution in [0.15, 0.2) is 24.3 Å². The standard InChI is InChI=1S/C24H36N8/c25-19-10-9-17-32(18-19)24-28-22(27-23(29-24)31-15-7-2-8-16-31)26-20-11-3-4-12-21(20)30-13-5-1-6-14-30/h3-4,11-12,19H,1-2,5-10,13-18,25H2,(H,26,27,28,29)/t19-/m1/s1. The van der Waals surface area contributed by atoms with Crippen LogP contribution in [-0.2, 0) is 0 Å². The Labute approximate surface area is 191 Å². The van der Waals surface area contributed by atoms with E-state index in [1.54, 1.807) is 0 Å². The number of nitrogens with two attached hydrogens (primary N) is 1. The summed E-state index contributed by atoms with van der Waals surface area (Å²) >= 11 is 0. The molecule has 3 fully saturated rings. The molecule has 3 saturated heterocycles. The molecule has 3 aliphatic heterocycles. The summed E-state index contributed by atoms with van der Waals surface area (Å²) in [4.78, 5) is 21.6. The number of benzene rings is 1. The lowest BCUT2D eigenvalue weighted by Crippen LogP contribution is -2.44. The molecular formula is C24H36N8. The number of hydrogen-bond acceptors (Lipinski definition) is 8. The molecule has 2 aromatic rings. The molecule has 0 bridgehead atoms. The van der Waals surface area contributed by atoms with Gasteiger partial charge in [-0.15, -0.1) is 0 Å². The van der Waals surface area contributed by atoms with E-state index in [-0.39, 0.29) is 6.04 Å². The van der Waals surface area contributed by atoms with E-state index in [0.29, 0.717) is 5.95 Å². The van der Waals surface area contributed by atoms with Gasteiger partial charge in [0.2, 0.25) is 17.8 Å². The minimum atomic E-state index is 0.176. The minimum Gasteiger partial charge on any atom is -0.370 e. The second-order valence-electron chi connectivity index (χ2n) is 9.34. The van der Waals surface area contributed by atoms with E-state index in [0.717, 1.165) is 69.7 Å². The summed E-state index contributed by atoms with van der Waals surface area (Å²) < 4.78 is 0. The number of para-hydroxylation sites is 2. The van der Waals surface area contributed by atoms with E-state index < -0.39 is 0 Å². The number of aromatic nitrogens is 3. The van der Waals surface area contributed by atoms with Gasteiger partial charge in [0, 0.05) is 45.3 Å². The quantitative estimate of drug-likeness (QED) is 0.736. The monoisotopic (exact) mass is 436 g/mol. The van der Waals surface area contributed by atoms with Crippen molar-refractivity contribution in [1.82, 2.24) is 15.0 Å². The lowest BCUT2D eigenvalue weighted by molar-refractivity contribution is 0.498. The normalized spacial score (nSPS) is 22.2. The summed E-state index contributed by atoms with van der Waals surface area (Å²) in [6.45, 7) is 5.96. The first-order valence-corrected chi connectivity index (χ1v) is 12.4. The number of rotatable bonds is 5. The van der Waals surface area contributed by atoms with Gasteiger partial charge in [-0.2, -0.15) is 15.0 Å². The summed E-state index contributed by atoms with van der Waals surface area (Å²) in [5.41, 5.74) is 8.55. The Morgan fingerprint density at radius 2 is 1.34 bits per heavy atom. The summed E-state index contributed by atoms with van der Waals surface area (Å²) in [5.74, 6) is 2.15. The molecule has 3 aliphatic rings. The van der Waals surface area contributed by atoms with Crippen LogP contribution in [0.2, 0.25) is 0 Å². The average molecular weight is 437 g/mol. The summed E-state index contributed by atoms with van der Waals surface area (Å²) in [5, 5.41) is 3.55. The van der Waals surface area contributed by atoms with Crippen molar-refractivity contribution in [3.8, 4) is 0 Å². The Morgan fingerprint density at radius 1 is 0.719 bits per heavy atom. The van der Waals surface area contributed by atoms with Crippen molar-refractivity contribution in [2.45, 2.75) is 57.4 Å². The van der Waals surface area contributed by atoms with E-state index in [1.807, 2.05) is 0 Å². The van der Waals surface area contributed by atoms with Gasteiger partial charge in [-0.05, 0) is 63.5 Å². The van der Waals surface area contributed by atoms with Crippen LogP contribution in [0, 0.1) is 0 Å². The van der Waals surface area contributed by atoms with Crippen LogP contribution in [0.3, 0.4) is 0 Å². The molecule has 4 heterocycles. The van der Waals surface area contributed by atoms with Gasteiger partial charge in [0.25, 0.3) is 0 Å². The maximum absolute atomic E-state index is 6.26. The van der Waals surface area contributed by atoms with Gasteiger partial charge in [0.05, 0.1) is 11.4 Å². The lowest BCUT2D eigenvalue weighted by atomic mass is 10.1. The Hall–Kier alpha value is -2.61. The smallest absolute Gasteiger partial charge is 0.233 e. The maximum atomic E-state index is 6.26. The number of nitrogens with one attached hydrogen (secondary N) is 1. The van der Waals surface area contributed by atoms with Crippen LogP contribution in [0.5, 0.6) is 0 Å². The minimum absolute atomic E-state index is 0.176. The highest BCUT2D eigenvalue weighted by atomic mass is 15.4. The van der Waals surface area contributed by atoms with Gasteiger partial charge in [-0.1, -0.05) is 12.1 Å². The zero-order valence-electron chi connectivity index (χ0n) is 19.0. The van der Waals surface area contributed by atoms with Crippen molar-refractivity contribution in [1.29, 1.82) is 0 Å². The maximum Gasteiger partial charge on any atom is 0.233 e. The topological polar surface area (TPSA) is 86.4 Å². The molecule has 8 nitrogen and oxygen atoms in total. The third-order valence-electron chi connectivity index (χ3n) is 6.84. The zero-order valence-corrected chi connectivity index (χ0v) is 19.0. The zero-order chi connectivity index (χ0) is 21.8. The van der Waals surface area contributed by atoms with E-state index in [1.165, 1.54) is 44.2 Å². The van der Waals surface area contributed by atoms with Gasteiger partial charge < -0.3 is 25.8 Å². The van der Waals surface area contributed by atoms with Crippen LogP contribution in [0.1, 0.15) is 51.4 Å². The molecule has 5 rings (SSSR count). The molecule has 0 radical (unpaired) electrons. The molecule has 0 saturated carbocycles. The van der Waals surface area contributed by atoms with Crippen LogP contribution in [0.25, 0.3) is 0 Å². The van der Waals surface area contributed by atoms with E-state index in [4.69, 9.17) is 20.7 Å². The molecular weight excluding hydrogens is 400 g/mol. The predicted molar refractivity (Wildman–Crippen MR) is 131 cm³/mol. The van der Waals surface area contributed by atoms with Crippen molar-refractivity contribution >= 4 is 29.2 Å². The van der Waals surface area contributed by atoms with Crippen LogP contribution < -0.4 is 25.8 Å². The van der Waals surface area contributed by atoms with Crippen LogP contribution >= 0.6 is 0 Å². The highest BCUT2D eigenvalue weighted by Crippen LogP contribution is 2.31. The lowest BCUT2D eigenvalue weighted by Gasteiger charge is -2.33. The van der Waals surface area contributed by atoms with Gasteiger partial charge in [0.15, 0.2) is 0 Å². The molecule has 172 valence electrons. The van der Waals surface area contributed by atoms with Crippen molar-refractivity contribution in [2.75, 3.05) is 59.3 Å². The SMILES string of the molecule is N[C@@H]1CCCN(c2nc(Nc3ccccc3N3CCCCC3)nc(N3CCCCC3)n2)C1. The molecule has 3 N–H and O–H groups in total. The third-order valence-corrected chi connectivity index (χ3v) is 6.84. The van der Waals surface area contributed by atoms with Crippen molar-refractivity contribution < 1.29 is 0 Å². The van der Waals surface area contributed by atoms with Gasteiger partial charge in [-0.25, -0.2) is 0 Å². The summed E-state index contributed by atoms with van der Waals surface area (Å²) in [6.07, 6.45) is 9.62. The van der Waals surface area contributed by atoms with Crippen molar-refractivity contribution in [2.24, 2.45) is 5.73 Å². The van der Waals surface area contributed by atoms with Crippen molar-refractivity contribution in [3.63, 3.8) is 0 Å². The second-order valence-corrected chi connectivity index (χ2v) is 9.34. The highest BCUT2D eigenvalue weighted by molar-refractivity contribution is 5.74. The molecule has 1 atom stereocenters. The Bertz CT molecular complexity index is 891. The number of piperidine rings is 3. The second kappa shape index (κ2) is 9.90. The first-order valence-electron chi connectivity index (χ1n) is 12.4. The fraction of sp³-hybridized carbons (Fsp3) is 0.625. The molecule has 0 spiro atoms. The first-order chi connectivity index (χ1) is 15.8. The first kappa shape index (κ1) is 21.2. The molecule has 8 heteroatoms. The fourth-order valence-corrected chi connectivity index (χ4v) is 5.09. The van der Waals surface area contributed by atoms with Gasteiger partial charge >= 0.3 is 0 Å². The molecule has 1 aromatic carbocycles. The Kier molecular flexibility index (Phi) is 6.57. The average Bonchev–Trinajstić information content (AvgIpc) is 2.85. The largest absolute Gasteiger partial charge is 0.370 e. The van der Waals surface area contributed by atoms with E-state index >= 15 is 0 Å². The van der Waals surface area contributed by atoms with E-state index in [9.17, 15) is 0 Å². The number of hydrogen-bond donors (Lipinski definition) is 2. The number of anilines is 5. The van der Waals surface area contributed by atoms with Gasteiger partial charge in [0.1, 0.15) is 0 Å². The highest BCUT2D eigenvalue weighted by Gasteiger charge is 2.23.